The minimum Gasteiger partial charge on any atom is -0.481 e. The molecule has 3 aromatic rings. The number of anilines is 1. The molecule has 1 amide bonds. The van der Waals surface area contributed by atoms with Crippen molar-refractivity contribution < 1.29 is 9.53 Å². The number of methoxy groups -OCH3 is 1. The van der Waals surface area contributed by atoms with Crippen LogP contribution in [0, 0.1) is 5.92 Å². The highest BCUT2D eigenvalue weighted by molar-refractivity contribution is 5.82. The van der Waals surface area contributed by atoms with Crippen LogP contribution in [0.4, 0.5) is 5.82 Å². The second kappa shape index (κ2) is 8.04. The minimum atomic E-state index is -0.0576. The van der Waals surface area contributed by atoms with Gasteiger partial charge in [0.1, 0.15) is 12.1 Å². The van der Waals surface area contributed by atoms with E-state index in [9.17, 15) is 4.79 Å². The Balaban J connectivity index is 1.34. The van der Waals surface area contributed by atoms with Crippen molar-refractivity contribution in [3.8, 4) is 17.1 Å². The Bertz CT molecular complexity index is 958. The standard InChI is InChI=1S/C21H21N5O2/c1-28-21-16(8-5-9-22-21)11-23-20(27)17-12-26(13-17)19-10-18(24-14-25-19)15-6-3-2-4-7-15/h2-10,14,17H,11-13H2,1H3,(H,23,27). The molecule has 0 unspecified atom stereocenters. The number of hydrogen-bond donors (Lipinski definition) is 1. The molecular formula is C21H21N5O2. The number of nitrogens with one attached hydrogen (secondary N) is 1. The summed E-state index contributed by atoms with van der Waals surface area (Å²) in [4.78, 5) is 27.4. The molecule has 1 fully saturated rings. The summed E-state index contributed by atoms with van der Waals surface area (Å²) in [6.07, 6.45) is 3.24. The predicted octanol–water partition coefficient (Wildman–Crippen LogP) is 2.30. The lowest BCUT2D eigenvalue weighted by molar-refractivity contribution is -0.125. The van der Waals surface area contributed by atoms with E-state index in [0.717, 1.165) is 22.6 Å². The van der Waals surface area contributed by atoms with E-state index in [-0.39, 0.29) is 11.8 Å². The van der Waals surface area contributed by atoms with Gasteiger partial charge in [-0.2, -0.15) is 0 Å². The van der Waals surface area contributed by atoms with E-state index < -0.39 is 0 Å². The molecule has 4 rings (SSSR count). The van der Waals surface area contributed by atoms with Crippen LogP contribution in [0.2, 0.25) is 0 Å². The monoisotopic (exact) mass is 375 g/mol. The zero-order valence-electron chi connectivity index (χ0n) is 15.6. The zero-order valence-corrected chi connectivity index (χ0v) is 15.6. The quantitative estimate of drug-likeness (QED) is 0.712. The van der Waals surface area contributed by atoms with Gasteiger partial charge < -0.3 is 15.0 Å². The highest BCUT2D eigenvalue weighted by Crippen LogP contribution is 2.26. The van der Waals surface area contributed by atoms with E-state index in [1.54, 1.807) is 19.6 Å². The second-order valence-electron chi connectivity index (χ2n) is 6.62. The van der Waals surface area contributed by atoms with Gasteiger partial charge >= 0.3 is 0 Å². The molecule has 7 nitrogen and oxygen atoms in total. The smallest absolute Gasteiger partial charge is 0.226 e. The summed E-state index contributed by atoms with van der Waals surface area (Å²) in [6, 6.07) is 15.7. The molecule has 2 aromatic heterocycles. The summed E-state index contributed by atoms with van der Waals surface area (Å²) in [6.45, 7) is 1.68. The van der Waals surface area contributed by atoms with Crippen molar-refractivity contribution in [1.82, 2.24) is 20.3 Å². The second-order valence-corrected chi connectivity index (χ2v) is 6.62. The summed E-state index contributed by atoms with van der Waals surface area (Å²) in [5.74, 6) is 1.34. The van der Waals surface area contributed by atoms with E-state index in [1.165, 1.54) is 0 Å². The fraction of sp³-hybridized carbons (Fsp3) is 0.238. The van der Waals surface area contributed by atoms with Gasteiger partial charge in [0.05, 0.1) is 18.7 Å². The van der Waals surface area contributed by atoms with Crippen LogP contribution in [0.25, 0.3) is 11.3 Å². The Morgan fingerprint density at radius 2 is 1.96 bits per heavy atom. The van der Waals surface area contributed by atoms with E-state index in [1.807, 2.05) is 48.5 Å². The first-order chi connectivity index (χ1) is 13.7. The maximum absolute atomic E-state index is 12.4. The van der Waals surface area contributed by atoms with Crippen molar-refractivity contribution >= 4 is 11.7 Å². The number of aromatic nitrogens is 3. The zero-order chi connectivity index (χ0) is 19.3. The van der Waals surface area contributed by atoms with Crippen LogP contribution in [0.3, 0.4) is 0 Å². The van der Waals surface area contributed by atoms with Gasteiger partial charge in [-0.1, -0.05) is 36.4 Å². The van der Waals surface area contributed by atoms with Crippen LogP contribution in [-0.2, 0) is 11.3 Å². The molecule has 142 valence electrons. The van der Waals surface area contributed by atoms with Crippen LogP contribution in [-0.4, -0.2) is 41.1 Å². The van der Waals surface area contributed by atoms with Crippen LogP contribution in [0.15, 0.2) is 61.1 Å². The van der Waals surface area contributed by atoms with Gasteiger partial charge in [-0.3, -0.25) is 4.79 Å². The average molecular weight is 375 g/mol. The summed E-state index contributed by atoms with van der Waals surface area (Å²) in [5.41, 5.74) is 2.78. The van der Waals surface area contributed by atoms with E-state index in [0.29, 0.717) is 25.5 Å². The number of carbonyl (C=O) groups is 1. The molecule has 1 saturated heterocycles. The van der Waals surface area contributed by atoms with Gasteiger partial charge in [0, 0.05) is 43.0 Å². The predicted molar refractivity (Wildman–Crippen MR) is 106 cm³/mol. The number of hydrogen-bond acceptors (Lipinski definition) is 6. The molecule has 3 heterocycles. The first kappa shape index (κ1) is 17.9. The summed E-state index contributed by atoms with van der Waals surface area (Å²) in [5, 5.41) is 2.97. The van der Waals surface area contributed by atoms with Gasteiger partial charge in [0.15, 0.2) is 0 Å². The molecule has 1 aliphatic heterocycles. The van der Waals surface area contributed by atoms with Gasteiger partial charge in [0.2, 0.25) is 11.8 Å². The number of carbonyl (C=O) groups excluding carboxylic acids is 1. The molecule has 0 radical (unpaired) electrons. The highest BCUT2D eigenvalue weighted by atomic mass is 16.5. The lowest BCUT2D eigenvalue weighted by Crippen LogP contribution is -2.54. The third-order valence-electron chi connectivity index (χ3n) is 4.79. The lowest BCUT2D eigenvalue weighted by atomic mass is 9.99. The van der Waals surface area contributed by atoms with Gasteiger partial charge in [-0.15, -0.1) is 0 Å². The molecule has 28 heavy (non-hydrogen) atoms. The highest BCUT2D eigenvalue weighted by Gasteiger charge is 2.33. The van der Waals surface area contributed by atoms with Crippen LogP contribution >= 0.6 is 0 Å². The molecule has 0 spiro atoms. The summed E-state index contributed by atoms with van der Waals surface area (Å²) < 4.78 is 5.22. The maximum Gasteiger partial charge on any atom is 0.226 e. The molecule has 0 bridgehead atoms. The van der Waals surface area contributed by atoms with Crippen LogP contribution in [0.1, 0.15) is 5.56 Å². The van der Waals surface area contributed by atoms with Crippen LogP contribution in [0.5, 0.6) is 5.88 Å². The van der Waals surface area contributed by atoms with E-state index >= 15 is 0 Å². The van der Waals surface area contributed by atoms with E-state index in [4.69, 9.17) is 4.74 Å². The van der Waals surface area contributed by atoms with Crippen molar-refractivity contribution in [1.29, 1.82) is 0 Å². The fourth-order valence-electron chi connectivity index (χ4n) is 3.19. The average Bonchev–Trinajstić information content (AvgIpc) is 2.72. The van der Waals surface area contributed by atoms with Gasteiger partial charge in [-0.25, -0.2) is 15.0 Å². The Morgan fingerprint density at radius 3 is 2.75 bits per heavy atom. The number of pyridine rings is 1. The molecule has 1 aliphatic rings. The van der Waals surface area contributed by atoms with Crippen molar-refractivity contribution in [2.45, 2.75) is 6.54 Å². The Kier molecular flexibility index (Phi) is 5.14. The van der Waals surface area contributed by atoms with Crippen molar-refractivity contribution in [2.75, 3.05) is 25.1 Å². The Hall–Kier alpha value is -3.48. The molecule has 0 aliphatic carbocycles. The first-order valence-electron chi connectivity index (χ1n) is 9.12. The van der Waals surface area contributed by atoms with Crippen molar-refractivity contribution in [3.63, 3.8) is 0 Å². The normalized spacial score (nSPS) is 13.7. The molecule has 7 heteroatoms. The minimum absolute atomic E-state index is 0.0273. The van der Waals surface area contributed by atoms with Gasteiger partial charge in [0.25, 0.3) is 0 Å². The van der Waals surface area contributed by atoms with Gasteiger partial charge in [-0.05, 0) is 6.07 Å². The van der Waals surface area contributed by atoms with E-state index in [2.05, 4.69) is 25.2 Å². The molecule has 1 N–H and O–H groups in total. The Morgan fingerprint density at radius 1 is 1.14 bits per heavy atom. The maximum atomic E-state index is 12.4. The number of rotatable bonds is 6. The number of ether oxygens (including phenoxy) is 1. The van der Waals surface area contributed by atoms with Crippen molar-refractivity contribution in [3.05, 3.63) is 66.6 Å². The first-order valence-corrected chi connectivity index (χ1v) is 9.12. The molecule has 0 saturated carbocycles. The number of nitrogens with zero attached hydrogens (tertiary/aromatic N) is 4. The summed E-state index contributed by atoms with van der Waals surface area (Å²) >= 11 is 0. The van der Waals surface area contributed by atoms with Crippen molar-refractivity contribution in [2.24, 2.45) is 5.92 Å². The topological polar surface area (TPSA) is 80.2 Å². The number of benzene rings is 1. The lowest BCUT2D eigenvalue weighted by Gasteiger charge is -2.39. The molecule has 1 aromatic carbocycles. The summed E-state index contributed by atoms with van der Waals surface area (Å²) in [7, 11) is 1.57. The fourth-order valence-corrected chi connectivity index (χ4v) is 3.19. The largest absolute Gasteiger partial charge is 0.481 e. The molecular weight excluding hydrogens is 354 g/mol. The van der Waals surface area contributed by atoms with Crippen LogP contribution < -0.4 is 15.0 Å². The third kappa shape index (κ3) is 3.78. The Labute approximate surface area is 163 Å². The SMILES string of the molecule is COc1ncccc1CNC(=O)C1CN(c2cc(-c3ccccc3)ncn2)C1. The number of amides is 1. The third-order valence-corrected chi connectivity index (χ3v) is 4.79. The molecule has 0 atom stereocenters.